The first-order chi connectivity index (χ1) is 6.77. The zero-order chi connectivity index (χ0) is 9.97. The van der Waals surface area contributed by atoms with Gasteiger partial charge in [0.05, 0.1) is 6.20 Å². The number of nitrogens with one attached hydrogen (secondary N) is 1. The summed E-state index contributed by atoms with van der Waals surface area (Å²) in [6.45, 7) is 0.285. The van der Waals surface area contributed by atoms with Crippen LogP contribution in [0.5, 0.6) is 0 Å². The summed E-state index contributed by atoms with van der Waals surface area (Å²) in [7, 11) is 0. The van der Waals surface area contributed by atoms with Gasteiger partial charge in [0.2, 0.25) is 0 Å². The Hall–Kier alpha value is -2.25. The van der Waals surface area contributed by atoms with Crippen molar-refractivity contribution < 1.29 is 4.92 Å². The van der Waals surface area contributed by atoms with Crippen molar-refractivity contribution in [2.24, 2.45) is 0 Å². The van der Waals surface area contributed by atoms with Gasteiger partial charge in [0.25, 0.3) is 0 Å². The van der Waals surface area contributed by atoms with Crippen LogP contribution < -0.4 is 0 Å². The average Bonchev–Trinajstić information content (AvgIpc) is 2.75. The molecule has 2 aromatic heterocycles. The van der Waals surface area contributed by atoms with E-state index in [2.05, 4.69) is 20.4 Å². The van der Waals surface area contributed by atoms with Crippen LogP contribution in [-0.2, 0) is 6.54 Å². The second-order valence-electron chi connectivity index (χ2n) is 2.57. The quantitative estimate of drug-likeness (QED) is 0.545. The summed E-state index contributed by atoms with van der Waals surface area (Å²) >= 11 is 0. The van der Waals surface area contributed by atoms with E-state index in [9.17, 15) is 10.1 Å². The van der Waals surface area contributed by atoms with Crippen molar-refractivity contribution in [1.82, 2.24) is 25.0 Å². The van der Waals surface area contributed by atoms with Crippen molar-refractivity contribution in [3.8, 4) is 0 Å². The molecule has 2 heterocycles. The summed E-state index contributed by atoms with van der Waals surface area (Å²) in [4.78, 5) is 13.5. The Labute approximate surface area is 77.7 Å². The van der Waals surface area contributed by atoms with Crippen molar-refractivity contribution in [3.63, 3.8) is 0 Å². The summed E-state index contributed by atoms with van der Waals surface area (Å²) < 4.78 is 1.39. The van der Waals surface area contributed by atoms with Gasteiger partial charge in [-0.25, -0.2) is 4.57 Å². The highest BCUT2D eigenvalue weighted by Crippen LogP contribution is 2.08. The van der Waals surface area contributed by atoms with Gasteiger partial charge in [-0.2, -0.15) is 15.4 Å². The number of hydrogen-bond acceptors (Lipinski definition) is 5. The SMILES string of the molecule is O=[N+]([O-])c1nccn1Cc1cn[nH]n1. The molecule has 0 saturated heterocycles. The molecule has 0 atom stereocenters. The predicted molar refractivity (Wildman–Crippen MR) is 44.4 cm³/mol. The number of H-pyrrole nitrogens is 1. The van der Waals surface area contributed by atoms with E-state index in [-0.39, 0.29) is 12.5 Å². The molecule has 0 saturated carbocycles. The Balaban J connectivity index is 2.25. The predicted octanol–water partition coefficient (Wildman–Crippen LogP) is -0.0423. The molecule has 0 aliphatic carbocycles. The molecular formula is C6H6N6O2. The fourth-order valence-corrected chi connectivity index (χ4v) is 1.07. The highest BCUT2D eigenvalue weighted by molar-refractivity contribution is 5.09. The maximum absolute atomic E-state index is 10.5. The molecule has 2 aromatic rings. The van der Waals surface area contributed by atoms with Crippen LogP contribution in [0.25, 0.3) is 0 Å². The second kappa shape index (κ2) is 3.24. The molecule has 1 N–H and O–H groups in total. The number of imidazole rings is 1. The fourth-order valence-electron chi connectivity index (χ4n) is 1.07. The highest BCUT2D eigenvalue weighted by Gasteiger charge is 2.14. The summed E-state index contributed by atoms with van der Waals surface area (Å²) in [6.07, 6.45) is 4.40. The minimum absolute atomic E-state index is 0.201. The standard InChI is InChI=1S/C6H6N6O2/c13-12(14)6-7-1-2-11(6)4-5-3-8-10-9-5/h1-3H,4H2,(H,8,9,10). The maximum atomic E-state index is 10.5. The first-order valence-electron chi connectivity index (χ1n) is 3.77. The van der Waals surface area contributed by atoms with E-state index in [1.54, 1.807) is 0 Å². The van der Waals surface area contributed by atoms with Crippen molar-refractivity contribution in [2.45, 2.75) is 6.54 Å². The molecule has 0 fully saturated rings. The van der Waals surface area contributed by atoms with E-state index in [1.165, 1.54) is 23.2 Å². The van der Waals surface area contributed by atoms with Crippen molar-refractivity contribution in [2.75, 3.05) is 0 Å². The largest absolute Gasteiger partial charge is 0.434 e. The summed E-state index contributed by atoms with van der Waals surface area (Å²) in [5.41, 5.74) is 0.617. The molecule has 14 heavy (non-hydrogen) atoms. The minimum Gasteiger partial charge on any atom is -0.390 e. The molecule has 0 aliphatic rings. The second-order valence-corrected chi connectivity index (χ2v) is 2.57. The molecule has 0 amide bonds. The maximum Gasteiger partial charge on any atom is 0.434 e. The third-order valence-corrected chi connectivity index (χ3v) is 1.65. The van der Waals surface area contributed by atoms with Crippen LogP contribution in [0.3, 0.4) is 0 Å². The van der Waals surface area contributed by atoms with E-state index < -0.39 is 4.92 Å². The van der Waals surface area contributed by atoms with Crippen LogP contribution in [0.1, 0.15) is 5.69 Å². The zero-order valence-electron chi connectivity index (χ0n) is 6.99. The molecule has 0 radical (unpaired) electrons. The molecular weight excluding hydrogens is 188 g/mol. The molecule has 0 bridgehead atoms. The Morgan fingerprint density at radius 1 is 1.64 bits per heavy atom. The summed E-state index contributed by atoms with van der Waals surface area (Å²) in [5, 5.41) is 20.3. The van der Waals surface area contributed by atoms with E-state index in [4.69, 9.17) is 0 Å². The van der Waals surface area contributed by atoms with Crippen LogP contribution in [-0.4, -0.2) is 29.9 Å². The Bertz CT molecular complexity index is 433. The number of rotatable bonds is 3. The topological polar surface area (TPSA) is 103 Å². The van der Waals surface area contributed by atoms with E-state index in [0.717, 1.165) is 0 Å². The molecule has 72 valence electrons. The van der Waals surface area contributed by atoms with Gasteiger partial charge in [-0.05, 0) is 4.92 Å². The summed E-state index contributed by atoms with van der Waals surface area (Å²) in [5.74, 6) is -0.201. The highest BCUT2D eigenvalue weighted by atomic mass is 16.6. The van der Waals surface area contributed by atoms with E-state index >= 15 is 0 Å². The lowest BCUT2D eigenvalue weighted by Gasteiger charge is -1.97. The van der Waals surface area contributed by atoms with E-state index in [0.29, 0.717) is 5.69 Å². The first kappa shape index (κ1) is 8.35. The number of hydrogen-bond donors (Lipinski definition) is 1. The van der Waals surface area contributed by atoms with Gasteiger partial charge >= 0.3 is 5.95 Å². The zero-order valence-corrected chi connectivity index (χ0v) is 6.99. The normalized spacial score (nSPS) is 10.3. The van der Waals surface area contributed by atoms with Gasteiger partial charge < -0.3 is 10.1 Å². The van der Waals surface area contributed by atoms with Crippen LogP contribution in [0.15, 0.2) is 18.6 Å². The lowest BCUT2D eigenvalue weighted by molar-refractivity contribution is -0.396. The molecule has 0 spiro atoms. The van der Waals surface area contributed by atoms with Gasteiger partial charge in [0, 0.05) is 0 Å². The van der Waals surface area contributed by atoms with Crippen LogP contribution >= 0.6 is 0 Å². The molecule has 0 unspecified atom stereocenters. The monoisotopic (exact) mass is 194 g/mol. The van der Waals surface area contributed by atoms with Gasteiger partial charge in [0.15, 0.2) is 0 Å². The van der Waals surface area contributed by atoms with Gasteiger partial charge in [0.1, 0.15) is 24.6 Å². The lowest BCUT2D eigenvalue weighted by Crippen LogP contribution is -2.04. The number of nitro groups is 1. The van der Waals surface area contributed by atoms with Gasteiger partial charge in [-0.1, -0.05) is 4.98 Å². The molecule has 0 aliphatic heterocycles. The molecule has 8 heteroatoms. The smallest absolute Gasteiger partial charge is 0.390 e. The van der Waals surface area contributed by atoms with Crippen LogP contribution in [0.2, 0.25) is 0 Å². The average molecular weight is 194 g/mol. The molecule has 8 nitrogen and oxygen atoms in total. The van der Waals surface area contributed by atoms with Crippen molar-refractivity contribution in [1.29, 1.82) is 0 Å². The lowest BCUT2D eigenvalue weighted by atomic mass is 10.5. The fraction of sp³-hybridized carbons (Fsp3) is 0.167. The Kier molecular flexibility index (Phi) is 1.94. The van der Waals surface area contributed by atoms with Gasteiger partial charge in [-0.3, -0.25) is 0 Å². The third kappa shape index (κ3) is 1.44. The Morgan fingerprint density at radius 2 is 2.50 bits per heavy atom. The number of aromatic amines is 1. The van der Waals surface area contributed by atoms with Crippen molar-refractivity contribution >= 4 is 5.95 Å². The van der Waals surface area contributed by atoms with Crippen LogP contribution in [0.4, 0.5) is 5.95 Å². The first-order valence-corrected chi connectivity index (χ1v) is 3.77. The van der Waals surface area contributed by atoms with Crippen LogP contribution in [0, 0.1) is 10.1 Å². The number of nitrogens with zero attached hydrogens (tertiary/aromatic N) is 5. The van der Waals surface area contributed by atoms with E-state index in [1.807, 2.05) is 0 Å². The molecule has 2 rings (SSSR count). The number of aromatic nitrogens is 5. The third-order valence-electron chi connectivity index (χ3n) is 1.65. The molecule has 0 aromatic carbocycles. The van der Waals surface area contributed by atoms with Crippen molar-refractivity contribution in [3.05, 3.63) is 34.4 Å². The summed E-state index contributed by atoms with van der Waals surface area (Å²) in [6, 6.07) is 0. The Morgan fingerprint density at radius 3 is 3.14 bits per heavy atom. The minimum atomic E-state index is -0.542. The van der Waals surface area contributed by atoms with Gasteiger partial charge in [-0.15, -0.1) is 0 Å².